The molecule has 0 aliphatic rings. The van der Waals surface area contributed by atoms with Gasteiger partial charge in [-0.2, -0.15) is 0 Å². The topological polar surface area (TPSA) is 58.2 Å². The van der Waals surface area contributed by atoms with Gasteiger partial charge in [-0.05, 0) is 36.6 Å². The molecular weight excluding hydrogens is 279 g/mol. The quantitative estimate of drug-likeness (QED) is 0.723. The van der Waals surface area contributed by atoms with Crippen LogP contribution in [-0.2, 0) is 10.0 Å². The van der Waals surface area contributed by atoms with Crippen LogP contribution in [0.4, 0.5) is 4.39 Å². The van der Waals surface area contributed by atoms with Gasteiger partial charge in [0, 0.05) is 12.6 Å². The molecule has 0 aliphatic carbocycles. The van der Waals surface area contributed by atoms with Crippen LogP contribution in [0.15, 0.2) is 24.3 Å². The monoisotopic (exact) mass is 302 g/mol. The maximum atomic E-state index is 12.9. The smallest absolute Gasteiger partial charge is 0.208 e. The zero-order valence-electron chi connectivity index (χ0n) is 12.2. The number of sulfonamides is 1. The van der Waals surface area contributed by atoms with E-state index in [9.17, 15) is 12.8 Å². The highest BCUT2D eigenvalue weighted by atomic mass is 32.2. The molecule has 0 saturated carbocycles. The molecule has 0 aromatic heterocycles. The molecule has 0 spiro atoms. The Morgan fingerprint density at radius 1 is 1.15 bits per heavy atom. The Labute approximate surface area is 120 Å². The zero-order chi connectivity index (χ0) is 15.2. The summed E-state index contributed by atoms with van der Waals surface area (Å²) >= 11 is 0. The largest absolute Gasteiger partial charge is 0.310 e. The summed E-state index contributed by atoms with van der Waals surface area (Å²) in [4.78, 5) is 0. The van der Waals surface area contributed by atoms with Crippen molar-refractivity contribution in [1.29, 1.82) is 0 Å². The van der Waals surface area contributed by atoms with Gasteiger partial charge in [0.15, 0.2) is 0 Å². The van der Waals surface area contributed by atoms with Crippen molar-refractivity contribution in [2.24, 2.45) is 5.92 Å². The summed E-state index contributed by atoms with van der Waals surface area (Å²) in [6.45, 7) is 5.30. The first-order valence-electron chi connectivity index (χ1n) is 6.73. The molecule has 4 nitrogen and oxygen atoms in total. The molecule has 0 heterocycles. The summed E-state index contributed by atoms with van der Waals surface area (Å²) in [6.07, 6.45) is 1.85. The van der Waals surface area contributed by atoms with Crippen LogP contribution in [-0.4, -0.2) is 27.8 Å². The van der Waals surface area contributed by atoms with E-state index >= 15 is 0 Å². The lowest BCUT2D eigenvalue weighted by atomic mass is 9.96. The minimum Gasteiger partial charge on any atom is -0.310 e. The summed E-state index contributed by atoms with van der Waals surface area (Å²) < 4.78 is 37.2. The van der Waals surface area contributed by atoms with Gasteiger partial charge in [-0.1, -0.05) is 26.0 Å². The van der Waals surface area contributed by atoms with Crippen molar-refractivity contribution in [3.05, 3.63) is 35.6 Å². The fourth-order valence-corrected chi connectivity index (χ4v) is 2.53. The molecule has 114 valence electrons. The summed E-state index contributed by atoms with van der Waals surface area (Å²) in [5.74, 6) is 0.122. The number of rotatable bonds is 8. The van der Waals surface area contributed by atoms with Crippen molar-refractivity contribution in [2.75, 3.05) is 19.3 Å². The summed E-state index contributed by atoms with van der Waals surface area (Å²) in [5.41, 5.74) is 1.04. The Bertz CT molecular complexity index is 500. The van der Waals surface area contributed by atoms with E-state index in [1.807, 2.05) is 0 Å². The molecule has 1 rings (SSSR count). The Balaban J connectivity index is 2.46. The Kier molecular flexibility index (Phi) is 6.58. The van der Waals surface area contributed by atoms with Gasteiger partial charge in [0.1, 0.15) is 5.82 Å². The summed E-state index contributed by atoms with van der Waals surface area (Å²) in [7, 11) is -3.12. The van der Waals surface area contributed by atoms with E-state index in [0.29, 0.717) is 25.4 Å². The van der Waals surface area contributed by atoms with Crippen molar-refractivity contribution in [3.63, 3.8) is 0 Å². The molecule has 20 heavy (non-hydrogen) atoms. The molecule has 0 amide bonds. The third-order valence-corrected chi connectivity index (χ3v) is 3.71. The maximum absolute atomic E-state index is 12.9. The highest BCUT2D eigenvalue weighted by molar-refractivity contribution is 7.88. The van der Waals surface area contributed by atoms with E-state index in [-0.39, 0.29) is 11.9 Å². The van der Waals surface area contributed by atoms with E-state index in [0.717, 1.165) is 11.8 Å². The third kappa shape index (κ3) is 6.45. The zero-order valence-corrected chi connectivity index (χ0v) is 13.0. The fourth-order valence-electron chi connectivity index (χ4n) is 2.01. The minimum absolute atomic E-state index is 0.133. The van der Waals surface area contributed by atoms with Gasteiger partial charge in [-0.3, -0.25) is 0 Å². The molecule has 0 unspecified atom stereocenters. The van der Waals surface area contributed by atoms with Crippen molar-refractivity contribution in [3.8, 4) is 0 Å². The average molecular weight is 302 g/mol. The van der Waals surface area contributed by atoms with Gasteiger partial charge >= 0.3 is 0 Å². The lowest BCUT2D eigenvalue weighted by Crippen LogP contribution is -2.30. The normalized spacial score (nSPS) is 13.7. The van der Waals surface area contributed by atoms with Crippen LogP contribution >= 0.6 is 0 Å². The Morgan fingerprint density at radius 2 is 1.75 bits per heavy atom. The molecule has 1 aromatic rings. The number of halogens is 1. The van der Waals surface area contributed by atoms with Crippen LogP contribution < -0.4 is 10.0 Å². The molecule has 1 atom stereocenters. The highest BCUT2D eigenvalue weighted by Gasteiger charge is 2.14. The van der Waals surface area contributed by atoms with Crippen LogP contribution in [0.2, 0.25) is 0 Å². The van der Waals surface area contributed by atoms with Crippen LogP contribution in [0.1, 0.15) is 31.9 Å². The average Bonchev–Trinajstić information content (AvgIpc) is 2.33. The van der Waals surface area contributed by atoms with Crippen LogP contribution in [0.25, 0.3) is 0 Å². The van der Waals surface area contributed by atoms with Gasteiger partial charge in [-0.25, -0.2) is 17.5 Å². The second kappa shape index (κ2) is 7.71. The molecule has 0 aliphatic heterocycles. The molecular formula is C14H23FN2O2S. The molecule has 0 bridgehead atoms. The van der Waals surface area contributed by atoms with E-state index in [1.165, 1.54) is 12.1 Å². The Morgan fingerprint density at radius 3 is 2.25 bits per heavy atom. The molecule has 0 saturated heterocycles. The standard InChI is InChI=1S/C14H23FN2O2S/c1-11(2)14(12-5-7-13(15)8-6-12)16-9-4-10-17-20(3,18)19/h5-8,11,14,16-17H,4,9-10H2,1-3H3/t14-/m0/s1. The lowest BCUT2D eigenvalue weighted by Gasteiger charge is -2.23. The van der Waals surface area contributed by atoms with Crippen molar-refractivity contribution >= 4 is 10.0 Å². The number of benzene rings is 1. The van der Waals surface area contributed by atoms with Gasteiger partial charge in [0.05, 0.1) is 6.26 Å². The van der Waals surface area contributed by atoms with E-state index in [4.69, 9.17) is 0 Å². The Hall–Kier alpha value is -0.980. The van der Waals surface area contributed by atoms with Crippen LogP contribution in [0, 0.1) is 11.7 Å². The summed E-state index contributed by atoms with van der Waals surface area (Å²) in [5, 5.41) is 3.38. The molecule has 1 aromatic carbocycles. The van der Waals surface area contributed by atoms with Crippen molar-refractivity contribution in [1.82, 2.24) is 10.0 Å². The van der Waals surface area contributed by atoms with E-state index < -0.39 is 10.0 Å². The van der Waals surface area contributed by atoms with Crippen LogP contribution in [0.3, 0.4) is 0 Å². The van der Waals surface area contributed by atoms with Gasteiger partial charge in [0.25, 0.3) is 0 Å². The number of nitrogens with one attached hydrogen (secondary N) is 2. The van der Waals surface area contributed by atoms with Crippen LogP contribution in [0.5, 0.6) is 0 Å². The highest BCUT2D eigenvalue weighted by Crippen LogP contribution is 2.21. The van der Waals surface area contributed by atoms with Gasteiger partial charge < -0.3 is 5.32 Å². The number of hydrogen-bond acceptors (Lipinski definition) is 3. The first kappa shape index (κ1) is 17.1. The molecule has 0 fully saturated rings. The first-order valence-corrected chi connectivity index (χ1v) is 8.62. The van der Waals surface area contributed by atoms with Crippen molar-refractivity contribution in [2.45, 2.75) is 26.3 Å². The second-order valence-corrected chi connectivity index (χ2v) is 7.08. The maximum Gasteiger partial charge on any atom is 0.208 e. The van der Waals surface area contributed by atoms with Gasteiger partial charge in [-0.15, -0.1) is 0 Å². The lowest BCUT2D eigenvalue weighted by molar-refractivity contribution is 0.409. The second-order valence-electron chi connectivity index (χ2n) is 5.25. The fraction of sp³-hybridized carbons (Fsp3) is 0.571. The minimum atomic E-state index is -3.12. The van der Waals surface area contributed by atoms with E-state index in [1.54, 1.807) is 12.1 Å². The SMILES string of the molecule is CC(C)[C@H](NCCCNS(C)(=O)=O)c1ccc(F)cc1. The van der Waals surface area contributed by atoms with Gasteiger partial charge in [0.2, 0.25) is 10.0 Å². The molecule has 2 N–H and O–H groups in total. The summed E-state index contributed by atoms with van der Waals surface area (Å²) in [6, 6.07) is 6.60. The first-order chi connectivity index (χ1) is 9.29. The third-order valence-electron chi connectivity index (χ3n) is 2.98. The predicted molar refractivity (Wildman–Crippen MR) is 79.4 cm³/mol. The molecule has 0 radical (unpaired) electrons. The van der Waals surface area contributed by atoms with Crippen molar-refractivity contribution < 1.29 is 12.8 Å². The number of hydrogen-bond donors (Lipinski definition) is 2. The van der Waals surface area contributed by atoms with E-state index in [2.05, 4.69) is 23.9 Å². The predicted octanol–water partition coefficient (Wildman–Crippen LogP) is 2.05. The molecule has 6 heteroatoms.